The van der Waals surface area contributed by atoms with Gasteiger partial charge in [-0.15, -0.1) is 0 Å². The fourth-order valence-electron chi connectivity index (χ4n) is 2.72. The van der Waals surface area contributed by atoms with Gasteiger partial charge in [-0.2, -0.15) is 0 Å². The molecule has 0 bridgehead atoms. The highest BCUT2D eigenvalue weighted by Gasteiger charge is 2.33. The van der Waals surface area contributed by atoms with Crippen LogP contribution in [0.15, 0.2) is 0 Å². The van der Waals surface area contributed by atoms with Crippen molar-refractivity contribution in [1.29, 1.82) is 0 Å². The number of hydrogen-bond acceptors (Lipinski definition) is 2. The van der Waals surface area contributed by atoms with Crippen LogP contribution < -0.4 is 5.32 Å². The van der Waals surface area contributed by atoms with E-state index >= 15 is 0 Å². The van der Waals surface area contributed by atoms with Gasteiger partial charge in [-0.05, 0) is 36.6 Å². The van der Waals surface area contributed by atoms with E-state index in [1.165, 1.54) is 25.7 Å². The van der Waals surface area contributed by atoms with Crippen LogP contribution in [0.5, 0.6) is 0 Å². The summed E-state index contributed by atoms with van der Waals surface area (Å²) in [4.78, 5) is 0. The lowest BCUT2D eigenvalue weighted by Gasteiger charge is -2.39. The van der Waals surface area contributed by atoms with E-state index in [0.717, 1.165) is 25.6 Å². The fourth-order valence-corrected chi connectivity index (χ4v) is 2.72. The van der Waals surface area contributed by atoms with Gasteiger partial charge >= 0.3 is 0 Å². The summed E-state index contributed by atoms with van der Waals surface area (Å²) in [5, 5.41) is 3.67. The first kappa shape index (κ1) is 17.9. The molecule has 0 aromatic carbocycles. The van der Waals surface area contributed by atoms with Crippen molar-refractivity contribution in [2.75, 3.05) is 26.8 Å². The second-order valence-corrected chi connectivity index (χ2v) is 6.20. The molecule has 0 fully saturated rings. The third-order valence-electron chi connectivity index (χ3n) is 4.22. The largest absolute Gasteiger partial charge is 0.384 e. The predicted molar refractivity (Wildman–Crippen MR) is 81.0 cm³/mol. The third kappa shape index (κ3) is 6.19. The Morgan fingerprint density at radius 1 is 1.17 bits per heavy atom. The van der Waals surface area contributed by atoms with Gasteiger partial charge in [0.1, 0.15) is 0 Å². The van der Waals surface area contributed by atoms with Crippen LogP contribution in [0.4, 0.5) is 0 Å². The molecule has 18 heavy (non-hydrogen) atoms. The minimum atomic E-state index is 0.404. The van der Waals surface area contributed by atoms with Crippen LogP contribution in [0.2, 0.25) is 0 Å². The van der Waals surface area contributed by atoms with Gasteiger partial charge in [0.2, 0.25) is 0 Å². The number of methoxy groups -OCH3 is 1. The van der Waals surface area contributed by atoms with Crippen molar-refractivity contribution in [3.63, 3.8) is 0 Å². The van der Waals surface area contributed by atoms with E-state index in [2.05, 4.69) is 39.9 Å². The number of hydrogen-bond donors (Lipinski definition) is 1. The Kier molecular flexibility index (Phi) is 9.76. The Balaban J connectivity index is 4.52. The molecular formula is C16H35NO. The minimum Gasteiger partial charge on any atom is -0.384 e. The highest BCUT2D eigenvalue weighted by atomic mass is 16.5. The molecule has 0 aliphatic rings. The van der Waals surface area contributed by atoms with Gasteiger partial charge in [0.25, 0.3) is 0 Å². The number of ether oxygens (including phenoxy) is 1. The van der Waals surface area contributed by atoms with Gasteiger partial charge in [0, 0.05) is 20.3 Å². The standard InChI is InChI=1S/C16H35NO/c1-7-9-10-16(8-2,15(5)12-18-6)13-17-11-14(3)4/h14-15,17H,7-13H2,1-6H3. The van der Waals surface area contributed by atoms with E-state index in [9.17, 15) is 0 Å². The van der Waals surface area contributed by atoms with E-state index in [1.807, 2.05) is 7.11 Å². The van der Waals surface area contributed by atoms with Crippen LogP contribution in [0.1, 0.15) is 60.3 Å². The number of nitrogens with one attached hydrogen (secondary N) is 1. The zero-order chi connectivity index (χ0) is 14.0. The summed E-state index contributed by atoms with van der Waals surface area (Å²) < 4.78 is 5.39. The molecular weight excluding hydrogens is 222 g/mol. The normalized spacial score (nSPS) is 16.8. The molecule has 0 saturated carbocycles. The summed E-state index contributed by atoms with van der Waals surface area (Å²) in [6.45, 7) is 14.6. The van der Waals surface area contributed by atoms with Crippen LogP contribution in [0.25, 0.3) is 0 Å². The molecule has 0 aliphatic carbocycles. The molecule has 0 aromatic rings. The maximum Gasteiger partial charge on any atom is 0.0493 e. The van der Waals surface area contributed by atoms with Gasteiger partial charge in [0.15, 0.2) is 0 Å². The Morgan fingerprint density at radius 2 is 1.83 bits per heavy atom. The van der Waals surface area contributed by atoms with Gasteiger partial charge in [-0.25, -0.2) is 0 Å². The molecule has 0 saturated heterocycles. The molecule has 1 N–H and O–H groups in total. The second kappa shape index (κ2) is 9.80. The molecule has 0 spiro atoms. The summed E-state index contributed by atoms with van der Waals surface area (Å²) in [6.07, 6.45) is 5.16. The van der Waals surface area contributed by atoms with Crippen LogP contribution in [-0.4, -0.2) is 26.8 Å². The summed E-state index contributed by atoms with van der Waals surface area (Å²) in [6, 6.07) is 0. The van der Waals surface area contributed by atoms with Crippen molar-refractivity contribution >= 4 is 0 Å². The smallest absolute Gasteiger partial charge is 0.0493 e. The lowest BCUT2D eigenvalue weighted by Crippen LogP contribution is -2.41. The Hall–Kier alpha value is -0.0800. The first-order chi connectivity index (χ1) is 8.52. The lowest BCUT2D eigenvalue weighted by molar-refractivity contribution is 0.0564. The molecule has 0 aliphatic heterocycles. The average Bonchev–Trinajstić information content (AvgIpc) is 2.33. The molecule has 2 unspecified atom stereocenters. The van der Waals surface area contributed by atoms with Crippen molar-refractivity contribution in [2.24, 2.45) is 17.3 Å². The van der Waals surface area contributed by atoms with Crippen molar-refractivity contribution in [1.82, 2.24) is 5.32 Å². The third-order valence-corrected chi connectivity index (χ3v) is 4.22. The lowest BCUT2D eigenvalue weighted by atomic mass is 9.70. The molecule has 0 radical (unpaired) electrons. The first-order valence-electron chi connectivity index (χ1n) is 7.72. The van der Waals surface area contributed by atoms with Crippen molar-refractivity contribution in [3.05, 3.63) is 0 Å². The average molecular weight is 257 g/mol. The first-order valence-corrected chi connectivity index (χ1v) is 7.72. The molecule has 110 valence electrons. The zero-order valence-electron chi connectivity index (χ0n) is 13.5. The molecule has 2 heteroatoms. The van der Waals surface area contributed by atoms with E-state index in [1.54, 1.807) is 0 Å². The maximum atomic E-state index is 5.39. The SMILES string of the molecule is CCCCC(CC)(CNCC(C)C)C(C)COC. The van der Waals surface area contributed by atoms with Crippen LogP contribution >= 0.6 is 0 Å². The van der Waals surface area contributed by atoms with Gasteiger partial charge in [-0.3, -0.25) is 0 Å². The molecule has 0 aromatic heterocycles. The van der Waals surface area contributed by atoms with Crippen LogP contribution in [0, 0.1) is 17.3 Å². The van der Waals surface area contributed by atoms with Crippen molar-refractivity contribution in [2.45, 2.75) is 60.3 Å². The summed E-state index contributed by atoms with van der Waals surface area (Å²) in [5.74, 6) is 1.35. The van der Waals surface area contributed by atoms with E-state index in [-0.39, 0.29) is 0 Å². The van der Waals surface area contributed by atoms with Crippen molar-refractivity contribution in [3.8, 4) is 0 Å². The predicted octanol–water partition coefficient (Wildman–Crippen LogP) is 4.10. The summed E-state index contributed by atoms with van der Waals surface area (Å²) in [7, 11) is 1.82. The monoisotopic (exact) mass is 257 g/mol. The Labute approximate surface area is 115 Å². The molecule has 2 atom stereocenters. The second-order valence-electron chi connectivity index (χ2n) is 6.20. The zero-order valence-corrected chi connectivity index (χ0v) is 13.5. The number of unbranched alkanes of at least 4 members (excludes halogenated alkanes) is 1. The van der Waals surface area contributed by atoms with Gasteiger partial charge < -0.3 is 10.1 Å². The quantitative estimate of drug-likeness (QED) is 0.601. The van der Waals surface area contributed by atoms with Gasteiger partial charge in [0.05, 0.1) is 0 Å². The molecule has 0 amide bonds. The van der Waals surface area contributed by atoms with Gasteiger partial charge in [-0.1, -0.05) is 47.5 Å². The molecule has 0 heterocycles. The highest BCUT2D eigenvalue weighted by molar-refractivity contribution is 4.85. The number of rotatable bonds is 11. The van der Waals surface area contributed by atoms with E-state index in [4.69, 9.17) is 4.74 Å². The molecule has 0 rings (SSSR count). The fraction of sp³-hybridized carbons (Fsp3) is 1.00. The van der Waals surface area contributed by atoms with Crippen LogP contribution in [0.3, 0.4) is 0 Å². The van der Waals surface area contributed by atoms with Crippen LogP contribution in [-0.2, 0) is 4.74 Å². The summed E-state index contributed by atoms with van der Waals surface area (Å²) >= 11 is 0. The maximum absolute atomic E-state index is 5.39. The van der Waals surface area contributed by atoms with E-state index in [0.29, 0.717) is 11.3 Å². The van der Waals surface area contributed by atoms with E-state index < -0.39 is 0 Å². The Morgan fingerprint density at radius 3 is 2.28 bits per heavy atom. The topological polar surface area (TPSA) is 21.3 Å². The summed E-state index contributed by atoms with van der Waals surface area (Å²) in [5.41, 5.74) is 0.404. The minimum absolute atomic E-state index is 0.404. The highest BCUT2D eigenvalue weighted by Crippen LogP contribution is 2.36. The Bertz CT molecular complexity index is 194. The molecule has 2 nitrogen and oxygen atoms in total. The van der Waals surface area contributed by atoms with Crippen molar-refractivity contribution < 1.29 is 4.74 Å².